The van der Waals surface area contributed by atoms with Gasteiger partial charge < -0.3 is 10.1 Å². The third-order valence-electron chi connectivity index (χ3n) is 3.78. The van der Waals surface area contributed by atoms with Gasteiger partial charge in [-0.25, -0.2) is 0 Å². The molecule has 1 aliphatic rings. The van der Waals surface area contributed by atoms with Crippen molar-refractivity contribution in [2.24, 2.45) is 0 Å². The van der Waals surface area contributed by atoms with Crippen LogP contribution in [0.5, 0.6) is 0 Å². The zero-order valence-corrected chi connectivity index (χ0v) is 13.1. The van der Waals surface area contributed by atoms with E-state index in [9.17, 15) is 0 Å². The molecule has 1 unspecified atom stereocenters. The van der Waals surface area contributed by atoms with Gasteiger partial charge in [0.15, 0.2) is 0 Å². The molecule has 2 rings (SSSR count). The minimum Gasteiger partial charge on any atom is -0.376 e. The van der Waals surface area contributed by atoms with Crippen LogP contribution in [0.1, 0.15) is 31.9 Å². The van der Waals surface area contributed by atoms with Crippen molar-refractivity contribution >= 4 is 0 Å². The standard InChI is InChI=1S/C17H28N2O/c1-14(2)18-9-8-16-6-4-5-7-17(16)13-19-10-11-20-15(3)12-19/h4-7,14-15,18H,8-13H2,1-3H3. The molecule has 0 saturated carbocycles. The van der Waals surface area contributed by atoms with Crippen LogP contribution >= 0.6 is 0 Å². The molecule has 3 heteroatoms. The predicted molar refractivity (Wildman–Crippen MR) is 84.0 cm³/mol. The molecule has 3 nitrogen and oxygen atoms in total. The summed E-state index contributed by atoms with van der Waals surface area (Å²) in [7, 11) is 0. The molecular formula is C17H28N2O. The zero-order valence-electron chi connectivity index (χ0n) is 13.1. The van der Waals surface area contributed by atoms with Crippen molar-refractivity contribution in [1.82, 2.24) is 10.2 Å². The average molecular weight is 276 g/mol. The molecule has 0 radical (unpaired) electrons. The number of benzene rings is 1. The lowest BCUT2D eigenvalue weighted by Crippen LogP contribution is -2.40. The van der Waals surface area contributed by atoms with Crippen molar-refractivity contribution in [3.05, 3.63) is 35.4 Å². The number of morpholine rings is 1. The summed E-state index contributed by atoms with van der Waals surface area (Å²) in [5.41, 5.74) is 2.94. The fourth-order valence-electron chi connectivity index (χ4n) is 2.73. The topological polar surface area (TPSA) is 24.5 Å². The van der Waals surface area contributed by atoms with E-state index in [0.717, 1.165) is 39.2 Å². The fourth-order valence-corrected chi connectivity index (χ4v) is 2.73. The van der Waals surface area contributed by atoms with Gasteiger partial charge in [-0.15, -0.1) is 0 Å². The number of nitrogens with zero attached hydrogens (tertiary/aromatic N) is 1. The molecule has 1 N–H and O–H groups in total. The zero-order chi connectivity index (χ0) is 14.4. The van der Waals surface area contributed by atoms with Crippen molar-refractivity contribution in [1.29, 1.82) is 0 Å². The molecule has 112 valence electrons. The molecule has 0 aliphatic carbocycles. The summed E-state index contributed by atoms with van der Waals surface area (Å²) in [6.45, 7) is 11.6. The highest BCUT2D eigenvalue weighted by molar-refractivity contribution is 5.27. The normalized spacial score (nSPS) is 20.5. The van der Waals surface area contributed by atoms with Crippen molar-refractivity contribution in [2.75, 3.05) is 26.2 Å². The highest BCUT2D eigenvalue weighted by atomic mass is 16.5. The van der Waals surface area contributed by atoms with E-state index in [0.29, 0.717) is 12.1 Å². The van der Waals surface area contributed by atoms with E-state index in [-0.39, 0.29) is 0 Å². The molecule has 1 fully saturated rings. The molecule has 1 aliphatic heterocycles. The molecule has 1 aromatic carbocycles. The van der Waals surface area contributed by atoms with Crippen LogP contribution in [0.25, 0.3) is 0 Å². The Hall–Kier alpha value is -0.900. The second-order valence-electron chi connectivity index (χ2n) is 6.04. The molecule has 0 spiro atoms. The summed E-state index contributed by atoms with van der Waals surface area (Å²) in [5, 5.41) is 3.50. The Bertz CT molecular complexity index is 406. The van der Waals surface area contributed by atoms with Crippen LogP contribution in [-0.4, -0.2) is 43.3 Å². The Labute approximate surface area is 123 Å². The summed E-state index contributed by atoms with van der Waals surface area (Å²) < 4.78 is 5.62. The summed E-state index contributed by atoms with van der Waals surface area (Å²) in [6, 6.07) is 9.39. The molecule has 1 saturated heterocycles. The highest BCUT2D eigenvalue weighted by Gasteiger charge is 2.17. The van der Waals surface area contributed by atoms with Crippen LogP contribution in [0.4, 0.5) is 0 Å². The summed E-state index contributed by atoms with van der Waals surface area (Å²) >= 11 is 0. The third-order valence-corrected chi connectivity index (χ3v) is 3.78. The first-order valence-corrected chi connectivity index (χ1v) is 7.79. The van der Waals surface area contributed by atoms with E-state index in [1.807, 2.05) is 0 Å². The molecule has 1 atom stereocenters. The first-order valence-electron chi connectivity index (χ1n) is 7.79. The Balaban J connectivity index is 1.93. The molecule has 0 amide bonds. The summed E-state index contributed by atoms with van der Waals surface area (Å²) in [6.07, 6.45) is 1.47. The molecule has 0 aromatic heterocycles. The maximum Gasteiger partial charge on any atom is 0.0674 e. The maximum absolute atomic E-state index is 5.62. The van der Waals surface area contributed by atoms with Gasteiger partial charge in [0.1, 0.15) is 0 Å². The average Bonchev–Trinajstić information content (AvgIpc) is 2.40. The van der Waals surface area contributed by atoms with Crippen LogP contribution in [-0.2, 0) is 17.7 Å². The molecule has 20 heavy (non-hydrogen) atoms. The van der Waals surface area contributed by atoms with Gasteiger partial charge in [-0.1, -0.05) is 38.1 Å². The van der Waals surface area contributed by atoms with Crippen molar-refractivity contribution in [2.45, 2.75) is 45.9 Å². The minimum atomic E-state index is 0.360. The van der Waals surface area contributed by atoms with Gasteiger partial charge in [0, 0.05) is 25.7 Å². The smallest absolute Gasteiger partial charge is 0.0674 e. The van der Waals surface area contributed by atoms with Gasteiger partial charge in [0.25, 0.3) is 0 Å². The van der Waals surface area contributed by atoms with Crippen molar-refractivity contribution in [3.63, 3.8) is 0 Å². The lowest BCUT2D eigenvalue weighted by Gasteiger charge is -2.31. The lowest BCUT2D eigenvalue weighted by molar-refractivity contribution is -0.0212. The van der Waals surface area contributed by atoms with Crippen LogP contribution in [0.15, 0.2) is 24.3 Å². The first-order chi connectivity index (χ1) is 9.65. The fraction of sp³-hybridized carbons (Fsp3) is 0.647. The minimum absolute atomic E-state index is 0.360. The molecule has 0 bridgehead atoms. The summed E-state index contributed by atoms with van der Waals surface area (Å²) in [4.78, 5) is 2.50. The van der Waals surface area contributed by atoms with Gasteiger partial charge in [0.05, 0.1) is 12.7 Å². The first kappa shape index (κ1) is 15.5. The Morgan fingerprint density at radius 2 is 2.05 bits per heavy atom. The number of ether oxygens (including phenoxy) is 1. The van der Waals surface area contributed by atoms with Crippen molar-refractivity contribution < 1.29 is 4.74 Å². The Kier molecular flexibility index (Phi) is 6.02. The summed E-state index contributed by atoms with van der Waals surface area (Å²) in [5.74, 6) is 0. The SMILES string of the molecule is CC(C)NCCc1ccccc1CN1CCOC(C)C1. The van der Waals surface area contributed by atoms with Gasteiger partial charge in [-0.3, -0.25) is 4.90 Å². The second-order valence-corrected chi connectivity index (χ2v) is 6.04. The van der Waals surface area contributed by atoms with Crippen molar-refractivity contribution in [3.8, 4) is 0 Å². The predicted octanol–water partition coefficient (Wildman–Crippen LogP) is 2.45. The van der Waals surface area contributed by atoms with E-state index in [2.05, 4.69) is 55.3 Å². The van der Waals surface area contributed by atoms with E-state index >= 15 is 0 Å². The molecule has 1 aromatic rings. The van der Waals surface area contributed by atoms with Gasteiger partial charge in [0.2, 0.25) is 0 Å². The molecular weight excluding hydrogens is 248 g/mol. The molecule has 1 heterocycles. The van der Waals surface area contributed by atoms with E-state index in [4.69, 9.17) is 4.74 Å². The van der Waals surface area contributed by atoms with Gasteiger partial charge >= 0.3 is 0 Å². The quantitative estimate of drug-likeness (QED) is 0.864. The van der Waals surface area contributed by atoms with Crippen LogP contribution in [0.3, 0.4) is 0 Å². The van der Waals surface area contributed by atoms with Crippen LogP contribution in [0.2, 0.25) is 0 Å². The lowest BCUT2D eigenvalue weighted by atomic mass is 10.0. The number of hydrogen-bond acceptors (Lipinski definition) is 3. The van der Waals surface area contributed by atoms with Crippen LogP contribution < -0.4 is 5.32 Å². The Morgan fingerprint density at radius 1 is 1.30 bits per heavy atom. The van der Waals surface area contributed by atoms with Gasteiger partial charge in [-0.2, -0.15) is 0 Å². The maximum atomic E-state index is 5.62. The number of hydrogen-bond donors (Lipinski definition) is 1. The van der Waals surface area contributed by atoms with E-state index < -0.39 is 0 Å². The third kappa shape index (κ3) is 4.89. The van der Waals surface area contributed by atoms with E-state index in [1.54, 1.807) is 0 Å². The van der Waals surface area contributed by atoms with Gasteiger partial charge in [-0.05, 0) is 31.0 Å². The van der Waals surface area contributed by atoms with E-state index in [1.165, 1.54) is 11.1 Å². The highest BCUT2D eigenvalue weighted by Crippen LogP contribution is 2.15. The monoisotopic (exact) mass is 276 g/mol. The van der Waals surface area contributed by atoms with Crippen LogP contribution in [0, 0.1) is 0 Å². The second kappa shape index (κ2) is 7.77. The number of rotatable bonds is 6. The largest absolute Gasteiger partial charge is 0.376 e. The number of nitrogens with one attached hydrogen (secondary N) is 1. The Morgan fingerprint density at radius 3 is 2.75 bits per heavy atom.